The van der Waals surface area contributed by atoms with Crippen LogP contribution in [0.25, 0.3) is 0 Å². The van der Waals surface area contributed by atoms with Crippen molar-refractivity contribution in [1.82, 2.24) is 0 Å². The third-order valence-corrected chi connectivity index (χ3v) is 4.56. The Morgan fingerprint density at radius 2 is 1.70 bits per heavy atom. The summed E-state index contributed by atoms with van der Waals surface area (Å²) in [6.45, 7) is 1.33. The van der Waals surface area contributed by atoms with Crippen LogP contribution in [0.4, 0.5) is 5.69 Å². The Bertz CT molecular complexity index is 887. The van der Waals surface area contributed by atoms with Gasteiger partial charge in [-0.25, -0.2) is 0 Å². The van der Waals surface area contributed by atoms with Crippen LogP contribution in [0.3, 0.4) is 0 Å². The summed E-state index contributed by atoms with van der Waals surface area (Å²) in [4.78, 5) is 29.2. The molecule has 27 heavy (non-hydrogen) atoms. The van der Waals surface area contributed by atoms with E-state index < -0.39 is 17.6 Å². The number of anilines is 1. The van der Waals surface area contributed by atoms with Gasteiger partial charge in [-0.05, 0) is 37.3 Å². The van der Waals surface area contributed by atoms with Crippen LogP contribution in [0.1, 0.15) is 12.5 Å². The van der Waals surface area contributed by atoms with Gasteiger partial charge in [0.25, 0.3) is 0 Å². The third kappa shape index (κ3) is 6.40. The molecule has 0 bridgehead atoms. The summed E-state index contributed by atoms with van der Waals surface area (Å²) >= 11 is 23.7. The first kappa shape index (κ1) is 21.5. The van der Waals surface area contributed by atoms with E-state index in [-0.39, 0.29) is 11.6 Å². The molecule has 0 fully saturated rings. The molecule has 0 radical (unpaired) electrons. The number of hydrogen-bond acceptors (Lipinski definition) is 4. The van der Waals surface area contributed by atoms with Gasteiger partial charge in [-0.15, -0.1) is 0 Å². The van der Waals surface area contributed by atoms with E-state index in [1.807, 2.05) is 0 Å². The van der Waals surface area contributed by atoms with Crippen molar-refractivity contribution in [2.45, 2.75) is 13.5 Å². The molecule has 0 spiro atoms. The van der Waals surface area contributed by atoms with Crippen LogP contribution >= 0.6 is 46.4 Å². The molecule has 0 unspecified atom stereocenters. The molecule has 0 saturated heterocycles. The fourth-order valence-electron chi connectivity index (χ4n) is 2.01. The van der Waals surface area contributed by atoms with Gasteiger partial charge in [-0.3, -0.25) is 9.59 Å². The number of halogens is 4. The predicted octanol–water partition coefficient (Wildman–Crippen LogP) is 5.65. The van der Waals surface area contributed by atoms with Crippen molar-refractivity contribution in [2.75, 3.05) is 5.32 Å². The Morgan fingerprint density at radius 1 is 1.07 bits per heavy atom. The van der Waals surface area contributed by atoms with Crippen LogP contribution in [0.5, 0.6) is 0 Å². The van der Waals surface area contributed by atoms with E-state index in [0.717, 1.165) is 6.21 Å². The number of rotatable bonds is 7. The summed E-state index contributed by atoms with van der Waals surface area (Å²) in [7, 11) is 0. The molecule has 0 aromatic heterocycles. The average molecular weight is 448 g/mol. The summed E-state index contributed by atoms with van der Waals surface area (Å²) in [5, 5.41) is 7.87. The third-order valence-electron chi connectivity index (χ3n) is 3.43. The van der Waals surface area contributed by atoms with Crippen molar-refractivity contribution in [1.29, 1.82) is 0 Å². The first-order valence-electron chi connectivity index (χ1n) is 7.63. The smallest absolute Gasteiger partial charge is 0.240 e. The Labute approximate surface area is 176 Å². The van der Waals surface area contributed by atoms with Crippen molar-refractivity contribution < 1.29 is 14.4 Å². The van der Waals surface area contributed by atoms with E-state index in [4.69, 9.17) is 51.2 Å². The highest BCUT2D eigenvalue weighted by molar-refractivity contribution is 6.37. The molecular weight excluding hydrogens is 434 g/mol. The number of Topliss-reactive ketones (excluding diaryl/α,β-unsaturated/α-hetero) is 1. The van der Waals surface area contributed by atoms with Gasteiger partial charge in [0.05, 0.1) is 16.9 Å². The highest BCUT2D eigenvalue weighted by Crippen LogP contribution is 2.26. The molecule has 2 aromatic carbocycles. The SMILES string of the molecule is CC(=O)[C@H](/C=N\OCc1ccc(Cl)cc1Cl)C(=O)Nc1ccc(Cl)cc1Cl. The molecule has 0 aliphatic heterocycles. The number of nitrogens with one attached hydrogen (secondary N) is 1. The van der Waals surface area contributed by atoms with Crippen molar-refractivity contribution in [3.63, 3.8) is 0 Å². The molecule has 2 aromatic rings. The largest absolute Gasteiger partial charge is 0.391 e. The van der Waals surface area contributed by atoms with Crippen LogP contribution in [0.15, 0.2) is 41.6 Å². The summed E-state index contributed by atoms with van der Waals surface area (Å²) in [6.07, 6.45) is 1.12. The van der Waals surface area contributed by atoms with Gasteiger partial charge in [0, 0.05) is 20.6 Å². The van der Waals surface area contributed by atoms with Crippen LogP contribution in [0, 0.1) is 5.92 Å². The van der Waals surface area contributed by atoms with Crippen LogP contribution in [0.2, 0.25) is 20.1 Å². The minimum absolute atomic E-state index is 0.0573. The molecular formula is C18H14Cl4N2O3. The first-order valence-corrected chi connectivity index (χ1v) is 9.15. The average Bonchev–Trinajstić information content (AvgIpc) is 2.58. The number of amides is 1. The topological polar surface area (TPSA) is 67.8 Å². The Hall–Kier alpha value is -1.79. The zero-order valence-electron chi connectivity index (χ0n) is 14.0. The monoisotopic (exact) mass is 446 g/mol. The fraction of sp³-hybridized carbons (Fsp3) is 0.167. The molecule has 9 heteroatoms. The molecule has 1 N–H and O–H groups in total. The highest BCUT2D eigenvalue weighted by atomic mass is 35.5. The zero-order chi connectivity index (χ0) is 20.0. The molecule has 0 heterocycles. The molecule has 2 rings (SSSR count). The van der Waals surface area contributed by atoms with E-state index in [1.54, 1.807) is 24.3 Å². The Morgan fingerprint density at radius 3 is 2.30 bits per heavy atom. The van der Waals surface area contributed by atoms with Crippen LogP contribution in [-0.2, 0) is 21.0 Å². The minimum Gasteiger partial charge on any atom is -0.391 e. The summed E-state index contributed by atoms with van der Waals surface area (Å²) < 4.78 is 0. The Balaban J connectivity index is 2.00. The van der Waals surface area contributed by atoms with Crippen molar-refractivity contribution in [3.8, 4) is 0 Å². The number of carbonyl (C=O) groups is 2. The molecule has 1 amide bonds. The zero-order valence-corrected chi connectivity index (χ0v) is 17.0. The normalized spacial score (nSPS) is 12.0. The predicted molar refractivity (Wildman–Crippen MR) is 109 cm³/mol. The standard InChI is InChI=1S/C18H14Cl4N2O3/c1-10(25)14(18(26)24-17-5-4-13(20)7-16(17)22)8-23-27-9-11-2-3-12(19)6-15(11)21/h2-8,14H,9H2,1H3,(H,24,26)/b23-8-/t14-/m0/s1. The molecule has 1 atom stereocenters. The minimum atomic E-state index is -1.14. The number of ketones is 1. The summed E-state index contributed by atoms with van der Waals surface area (Å²) in [5.74, 6) is -2.14. The molecule has 0 aliphatic rings. The first-order chi connectivity index (χ1) is 12.8. The van der Waals surface area contributed by atoms with E-state index in [1.165, 1.54) is 19.1 Å². The second-order valence-corrected chi connectivity index (χ2v) is 7.15. The number of oxime groups is 1. The summed E-state index contributed by atoms with van der Waals surface area (Å²) in [5.41, 5.74) is 0.995. The lowest BCUT2D eigenvalue weighted by molar-refractivity contribution is -0.126. The quantitative estimate of drug-likeness (QED) is 0.339. The lowest BCUT2D eigenvalue weighted by atomic mass is 10.1. The van der Waals surface area contributed by atoms with E-state index in [0.29, 0.717) is 26.3 Å². The van der Waals surface area contributed by atoms with Gasteiger partial charge < -0.3 is 10.2 Å². The summed E-state index contributed by atoms with van der Waals surface area (Å²) in [6, 6.07) is 9.52. The van der Waals surface area contributed by atoms with Crippen molar-refractivity contribution in [2.24, 2.45) is 11.1 Å². The van der Waals surface area contributed by atoms with Crippen LogP contribution < -0.4 is 5.32 Å². The fourth-order valence-corrected chi connectivity index (χ4v) is 2.93. The molecule has 142 valence electrons. The van der Waals surface area contributed by atoms with Gasteiger partial charge in [0.2, 0.25) is 5.91 Å². The van der Waals surface area contributed by atoms with Gasteiger partial charge in [0.1, 0.15) is 18.3 Å². The molecule has 5 nitrogen and oxygen atoms in total. The number of nitrogens with zero attached hydrogens (tertiary/aromatic N) is 1. The van der Waals surface area contributed by atoms with Crippen molar-refractivity contribution in [3.05, 3.63) is 62.1 Å². The maximum atomic E-state index is 12.3. The Kier molecular flexibility index (Phi) is 7.92. The van der Waals surface area contributed by atoms with Gasteiger partial charge >= 0.3 is 0 Å². The van der Waals surface area contributed by atoms with Gasteiger partial charge in [0.15, 0.2) is 0 Å². The highest BCUT2D eigenvalue weighted by Gasteiger charge is 2.22. The lowest BCUT2D eigenvalue weighted by Gasteiger charge is -2.11. The van der Waals surface area contributed by atoms with E-state index in [9.17, 15) is 9.59 Å². The maximum Gasteiger partial charge on any atom is 0.240 e. The molecule has 0 aliphatic carbocycles. The number of hydrogen-bond donors (Lipinski definition) is 1. The van der Waals surface area contributed by atoms with E-state index in [2.05, 4.69) is 10.5 Å². The van der Waals surface area contributed by atoms with Gasteiger partial charge in [-0.1, -0.05) is 57.6 Å². The maximum absolute atomic E-state index is 12.3. The van der Waals surface area contributed by atoms with Gasteiger partial charge in [-0.2, -0.15) is 0 Å². The molecule has 0 saturated carbocycles. The number of carbonyl (C=O) groups excluding carboxylic acids is 2. The second kappa shape index (κ2) is 9.95. The second-order valence-electron chi connectivity index (χ2n) is 5.47. The van der Waals surface area contributed by atoms with Crippen molar-refractivity contribution >= 4 is 70.0 Å². The van der Waals surface area contributed by atoms with E-state index >= 15 is 0 Å². The number of benzene rings is 2. The van der Waals surface area contributed by atoms with Crippen LogP contribution in [-0.4, -0.2) is 17.9 Å². The lowest BCUT2D eigenvalue weighted by Crippen LogP contribution is -2.29.